The fourth-order valence-electron chi connectivity index (χ4n) is 4.49. The first-order valence-corrected chi connectivity index (χ1v) is 12.9. The smallest absolute Gasteiger partial charge is 0.416 e. The van der Waals surface area contributed by atoms with Crippen LogP contribution in [0.4, 0.5) is 18.9 Å². The first-order valence-electron chi connectivity index (χ1n) is 11.5. The molecule has 0 unspecified atom stereocenters. The van der Waals surface area contributed by atoms with E-state index in [1.165, 1.54) is 35.7 Å². The molecule has 2 aliphatic heterocycles. The van der Waals surface area contributed by atoms with Crippen molar-refractivity contribution in [3.8, 4) is 5.75 Å². The van der Waals surface area contributed by atoms with Crippen LogP contribution in [-0.2, 0) is 16.2 Å². The van der Waals surface area contributed by atoms with Crippen molar-refractivity contribution >= 4 is 21.6 Å². The van der Waals surface area contributed by atoms with Gasteiger partial charge in [0.15, 0.2) is 0 Å². The number of piperidine rings is 1. The third kappa shape index (κ3) is 5.40. The van der Waals surface area contributed by atoms with Gasteiger partial charge < -0.3 is 14.5 Å². The molecule has 0 aliphatic carbocycles. The maximum atomic E-state index is 13.3. The van der Waals surface area contributed by atoms with E-state index in [4.69, 9.17) is 4.74 Å². The molecule has 0 radical (unpaired) electrons. The number of rotatable bonds is 5. The molecule has 2 fully saturated rings. The highest BCUT2D eigenvalue weighted by molar-refractivity contribution is 7.89. The largest absolute Gasteiger partial charge is 0.496 e. The minimum absolute atomic E-state index is 0.0474. The second-order valence-electron chi connectivity index (χ2n) is 8.65. The lowest BCUT2D eigenvalue weighted by atomic mass is 10.1. The number of sulfonamides is 1. The van der Waals surface area contributed by atoms with Crippen molar-refractivity contribution in [1.29, 1.82) is 0 Å². The number of anilines is 1. The summed E-state index contributed by atoms with van der Waals surface area (Å²) < 4.78 is 72.2. The van der Waals surface area contributed by atoms with E-state index in [1.54, 1.807) is 15.9 Å². The number of hydrogen-bond donors (Lipinski definition) is 0. The van der Waals surface area contributed by atoms with Gasteiger partial charge in [-0.05, 0) is 49.2 Å². The highest BCUT2D eigenvalue weighted by atomic mass is 32.2. The SMILES string of the molecule is COc1ccc(S(=O)(=O)N2CCCCC2)cc1C(=O)N1CCN(c2cccc(C(F)(F)F)c2)CC1. The Kier molecular flexibility index (Phi) is 7.27. The van der Waals surface area contributed by atoms with Crippen molar-refractivity contribution in [2.45, 2.75) is 30.3 Å². The van der Waals surface area contributed by atoms with Gasteiger partial charge in [-0.1, -0.05) is 12.5 Å². The van der Waals surface area contributed by atoms with Crippen LogP contribution in [0.3, 0.4) is 0 Å². The number of hydrogen-bond acceptors (Lipinski definition) is 5. The van der Waals surface area contributed by atoms with E-state index in [1.807, 2.05) is 0 Å². The zero-order valence-corrected chi connectivity index (χ0v) is 20.2. The molecule has 35 heavy (non-hydrogen) atoms. The fourth-order valence-corrected chi connectivity index (χ4v) is 6.03. The Balaban J connectivity index is 1.51. The molecule has 190 valence electrons. The molecule has 0 N–H and O–H groups in total. The van der Waals surface area contributed by atoms with Gasteiger partial charge in [0.25, 0.3) is 5.91 Å². The second kappa shape index (κ2) is 10.1. The molecule has 1 amide bonds. The second-order valence-corrected chi connectivity index (χ2v) is 10.6. The van der Waals surface area contributed by atoms with Crippen molar-refractivity contribution in [3.63, 3.8) is 0 Å². The van der Waals surface area contributed by atoms with Crippen LogP contribution in [0.1, 0.15) is 35.2 Å². The lowest BCUT2D eigenvalue weighted by Gasteiger charge is -2.36. The summed E-state index contributed by atoms with van der Waals surface area (Å²) in [4.78, 5) is 16.7. The third-order valence-corrected chi connectivity index (χ3v) is 8.35. The van der Waals surface area contributed by atoms with E-state index in [2.05, 4.69) is 0 Å². The summed E-state index contributed by atoms with van der Waals surface area (Å²) in [7, 11) is -2.31. The first-order chi connectivity index (χ1) is 16.6. The number of carbonyl (C=O) groups is 1. The minimum Gasteiger partial charge on any atom is -0.496 e. The van der Waals surface area contributed by atoms with Crippen molar-refractivity contribution < 1.29 is 31.1 Å². The van der Waals surface area contributed by atoms with Crippen LogP contribution in [0.5, 0.6) is 5.75 Å². The number of piperazine rings is 1. The van der Waals surface area contributed by atoms with Gasteiger partial charge in [0.2, 0.25) is 10.0 Å². The summed E-state index contributed by atoms with van der Waals surface area (Å²) in [5.74, 6) is -0.103. The lowest BCUT2D eigenvalue weighted by Crippen LogP contribution is -2.49. The number of benzene rings is 2. The van der Waals surface area contributed by atoms with Gasteiger partial charge in [-0.2, -0.15) is 17.5 Å². The van der Waals surface area contributed by atoms with Gasteiger partial charge in [-0.25, -0.2) is 8.42 Å². The topological polar surface area (TPSA) is 70.2 Å². The van der Waals surface area contributed by atoms with Crippen molar-refractivity contribution in [1.82, 2.24) is 9.21 Å². The monoisotopic (exact) mass is 511 g/mol. The third-order valence-electron chi connectivity index (χ3n) is 6.46. The summed E-state index contributed by atoms with van der Waals surface area (Å²) >= 11 is 0. The molecule has 0 saturated carbocycles. The number of carbonyl (C=O) groups excluding carboxylic acids is 1. The molecule has 0 atom stereocenters. The van der Waals surface area contributed by atoms with Gasteiger partial charge in [-0.15, -0.1) is 0 Å². The lowest BCUT2D eigenvalue weighted by molar-refractivity contribution is -0.137. The highest BCUT2D eigenvalue weighted by Gasteiger charge is 2.32. The van der Waals surface area contributed by atoms with Crippen LogP contribution >= 0.6 is 0 Å². The highest BCUT2D eigenvalue weighted by Crippen LogP contribution is 2.32. The average Bonchev–Trinajstić information content (AvgIpc) is 2.88. The molecule has 0 aromatic heterocycles. The van der Waals surface area contributed by atoms with E-state index in [0.717, 1.165) is 31.4 Å². The summed E-state index contributed by atoms with van der Waals surface area (Å²) in [5.41, 5.74) is -0.123. The van der Waals surface area contributed by atoms with E-state index in [-0.39, 0.29) is 35.2 Å². The minimum atomic E-state index is -4.43. The Morgan fingerprint density at radius 1 is 0.914 bits per heavy atom. The first kappa shape index (κ1) is 25.3. The number of nitrogens with zero attached hydrogens (tertiary/aromatic N) is 3. The number of amides is 1. The number of methoxy groups -OCH3 is 1. The van der Waals surface area contributed by atoms with Gasteiger partial charge in [0.1, 0.15) is 5.75 Å². The van der Waals surface area contributed by atoms with Gasteiger partial charge in [0, 0.05) is 45.0 Å². The Morgan fingerprint density at radius 3 is 2.23 bits per heavy atom. The van der Waals surface area contributed by atoms with E-state index >= 15 is 0 Å². The molecule has 2 saturated heterocycles. The normalized spacial score (nSPS) is 17.9. The maximum Gasteiger partial charge on any atom is 0.416 e. The maximum absolute atomic E-state index is 13.3. The predicted octanol–water partition coefficient (Wildman–Crippen LogP) is 3.85. The molecule has 2 aromatic rings. The number of halogens is 3. The molecule has 0 spiro atoms. The van der Waals surface area contributed by atoms with Crippen molar-refractivity contribution in [2.75, 3.05) is 51.3 Å². The van der Waals surface area contributed by atoms with E-state index in [9.17, 15) is 26.4 Å². The van der Waals surface area contributed by atoms with Crippen molar-refractivity contribution in [2.24, 2.45) is 0 Å². The molecule has 2 aromatic carbocycles. The number of alkyl halides is 3. The summed E-state index contributed by atoms with van der Waals surface area (Å²) in [6, 6.07) is 9.42. The number of ether oxygens (including phenoxy) is 1. The Hall–Kier alpha value is -2.79. The molecule has 7 nitrogen and oxygen atoms in total. The van der Waals surface area contributed by atoms with Crippen LogP contribution in [0.2, 0.25) is 0 Å². The summed E-state index contributed by atoms with van der Waals surface area (Å²) in [6.45, 7) is 2.16. The fraction of sp³-hybridized carbons (Fsp3) is 0.458. The Labute approximate surface area is 203 Å². The van der Waals surface area contributed by atoms with E-state index in [0.29, 0.717) is 31.9 Å². The van der Waals surface area contributed by atoms with Gasteiger partial charge in [0.05, 0.1) is 23.1 Å². The Morgan fingerprint density at radius 2 is 1.60 bits per heavy atom. The summed E-state index contributed by atoms with van der Waals surface area (Å²) in [6.07, 6.45) is -1.83. The standard InChI is InChI=1S/C24H28F3N3O4S/c1-34-22-9-8-20(35(32,33)30-10-3-2-4-11-30)17-21(22)23(31)29-14-12-28(13-15-29)19-7-5-6-18(16-19)24(25,26)27/h5-9,16-17H,2-4,10-15H2,1H3. The van der Waals surface area contributed by atoms with Gasteiger partial charge in [-0.3, -0.25) is 4.79 Å². The molecule has 4 rings (SSSR count). The van der Waals surface area contributed by atoms with Crippen molar-refractivity contribution in [3.05, 3.63) is 53.6 Å². The molecule has 11 heteroatoms. The zero-order valence-electron chi connectivity index (χ0n) is 19.4. The zero-order chi connectivity index (χ0) is 25.2. The van der Waals surface area contributed by atoms with Gasteiger partial charge >= 0.3 is 6.18 Å². The average molecular weight is 512 g/mol. The van der Waals surface area contributed by atoms with Crippen LogP contribution in [0.15, 0.2) is 47.4 Å². The van der Waals surface area contributed by atoms with Crippen LogP contribution in [0.25, 0.3) is 0 Å². The van der Waals surface area contributed by atoms with E-state index < -0.39 is 21.8 Å². The molecule has 2 aliphatic rings. The van der Waals surface area contributed by atoms with Crippen LogP contribution in [-0.4, -0.2) is 69.9 Å². The summed E-state index contributed by atoms with van der Waals surface area (Å²) in [5, 5.41) is 0. The quantitative estimate of drug-likeness (QED) is 0.610. The van der Waals surface area contributed by atoms with Crippen LogP contribution in [0, 0.1) is 0 Å². The molecule has 2 heterocycles. The van der Waals surface area contributed by atoms with Crippen LogP contribution < -0.4 is 9.64 Å². The predicted molar refractivity (Wildman–Crippen MR) is 125 cm³/mol. The molecule has 0 bridgehead atoms. The Bertz CT molecular complexity index is 1170. The molecular weight excluding hydrogens is 483 g/mol. The molecular formula is C24H28F3N3O4S.